The summed E-state index contributed by atoms with van der Waals surface area (Å²) in [7, 11) is 0. The third-order valence-corrected chi connectivity index (χ3v) is 4.61. The Morgan fingerprint density at radius 2 is 1.46 bits per heavy atom. The Kier molecular flexibility index (Phi) is 4.93. The van der Waals surface area contributed by atoms with Crippen molar-refractivity contribution in [1.82, 2.24) is 9.97 Å². The number of aromatic carboxylic acids is 1. The number of nitrogens with zero attached hydrogens (tertiary/aromatic N) is 2. The first-order valence-electron chi connectivity index (χ1n) is 8.99. The molecule has 2 heterocycles. The summed E-state index contributed by atoms with van der Waals surface area (Å²) < 4.78 is 0. The fourth-order valence-corrected chi connectivity index (χ4v) is 3.29. The van der Waals surface area contributed by atoms with Gasteiger partial charge in [-0.2, -0.15) is 0 Å². The van der Waals surface area contributed by atoms with E-state index in [1.807, 2.05) is 48.5 Å². The molecule has 0 amide bonds. The molecule has 28 heavy (non-hydrogen) atoms. The van der Waals surface area contributed by atoms with Gasteiger partial charge in [-0.15, -0.1) is 0 Å². The number of hydrogen-bond donors (Lipinski definition) is 1. The minimum Gasteiger partial charge on any atom is -0.478 e. The summed E-state index contributed by atoms with van der Waals surface area (Å²) >= 11 is 0. The third-order valence-electron chi connectivity index (χ3n) is 4.61. The zero-order valence-electron chi connectivity index (χ0n) is 15.1. The Morgan fingerprint density at radius 1 is 0.750 bits per heavy atom. The van der Waals surface area contributed by atoms with Crippen LogP contribution in [0.2, 0.25) is 0 Å². The lowest BCUT2D eigenvalue weighted by Gasteiger charge is -2.11. The largest absolute Gasteiger partial charge is 0.478 e. The Bertz CT molecular complexity index is 1120. The lowest BCUT2D eigenvalue weighted by Crippen LogP contribution is -2.00. The van der Waals surface area contributed by atoms with Crippen molar-refractivity contribution >= 4 is 5.97 Å². The molecule has 0 spiro atoms. The van der Waals surface area contributed by atoms with Gasteiger partial charge >= 0.3 is 5.97 Å². The molecule has 4 heteroatoms. The molecule has 0 aliphatic heterocycles. The zero-order valence-corrected chi connectivity index (χ0v) is 15.1. The average molecular weight is 366 g/mol. The summed E-state index contributed by atoms with van der Waals surface area (Å²) in [6.45, 7) is 0. The van der Waals surface area contributed by atoms with Crippen molar-refractivity contribution in [3.8, 4) is 22.5 Å². The first-order valence-corrected chi connectivity index (χ1v) is 8.99. The van der Waals surface area contributed by atoms with Crippen LogP contribution in [0.3, 0.4) is 0 Å². The number of pyridine rings is 2. The number of aromatic nitrogens is 2. The van der Waals surface area contributed by atoms with Gasteiger partial charge in [0, 0.05) is 23.5 Å². The highest BCUT2D eigenvalue weighted by molar-refractivity contribution is 5.95. The predicted molar refractivity (Wildman–Crippen MR) is 109 cm³/mol. The quantitative estimate of drug-likeness (QED) is 0.534. The zero-order chi connectivity index (χ0) is 19.3. The molecule has 4 nitrogen and oxygen atoms in total. The molecule has 0 atom stereocenters. The molecule has 4 rings (SSSR count). The molecule has 0 unspecified atom stereocenters. The normalized spacial score (nSPS) is 10.6. The summed E-state index contributed by atoms with van der Waals surface area (Å²) in [5.41, 5.74) is 5.77. The van der Waals surface area contributed by atoms with E-state index in [-0.39, 0.29) is 5.56 Å². The average Bonchev–Trinajstić information content (AvgIpc) is 2.75. The number of carboxylic acid groups (broad SMARTS) is 1. The van der Waals surface area contributed by atoms with Crippen LogP contribution in [0, 0.1) is 0 Å². The molecule has 0 aliphatic carbocycles. The van der Waals surface area contributed by atoms with Gasteiger partial charge in [0.25, 0.3) is 0 Å². The fourth-order valence-electron chi connectivity index (χ4n) is 3.29. The molecule has 2 aromatic carbocycles. The fraction of sp³-hybridized carbons (Fsp3) is 0.0417. The van der Waals surface area contributed by atoms with Gasteiger partial charge in [0.05, 0.1) is 17.0 Å². The Labute approximate surface area is 163 Å². The summed E-state index contributed by atoms with van der Waals surface area (Å²) in [6.07, 6.45) is 4.23. The van der Waals surface area contributed by atoms with E-state index in [0.717, 1.165) is 22.4 Å². The molecule has 0 saturated heterocycles. The molecule has 0 saturated carbocycles. The molecular weight excluding hydrogens is 348 g/mol. The number of rotatable bonds is 5. The Morgan fingerprint density at radius 3 is 2.25 bits per heavy atom. The van der Waals surface area contributed by atoms with Crippen molar-refractivity contribution in [3.05, 3.63) is 108 Å². The van der Waals surface area contributed by atoms with E-state index < -0.39 is 5.97 Å². The minimum absolute atomic E-state index is 0.251. The Balaban J connectivity index is 1.71. The van der Waals surface area contributed by atoms with Crippen molar-refractivity contribution in [2.45, 2.75) is 6.42 Å². The SMILES string of the molecule is O=C(O)c1ccccc1-c1cc(Cc2ccccc2-c2ccccn2)ccn1. The molecule has 0 aliphatic rings. The summed E-state index contributed by atoms with van der Waals surface area (Å²) in [6, 6.07) is 24.9. The highest BCUT2D eigenvalue weighted by Crippen LogP contribution is 2.26. The van der Waals surface area contributed by atoms with Crippen LogP contribution in [-0.4, -0.2) is 21.0 Å². The standard InChI is InChI=1S/C24H18N2O2/c27-24(28)21-10-4-3-9-20(21)23-16-17(12-14-26-23)15-18-7-1-2-8-19(18)22-11-5-6-13-25-22/h1-14,16H,15H2,(H,27,28). The third kappa shape index (κ3) is 3.67. The van der Waals surface area contributed by atoms with Crippen molar-refractivity contribution in [2.75, 3.05) is 0 Å². The predicted octanol–water partition coefficient (Wildman–Crippen LogP) is 5.10. The smallest absolute Gasteiger partial charge is 0.336 e. The second-order valence-electron chi connectivity index (χ2n) is 6.45. The van der Waals surface area contributed by atoms with Gasteiger partial charge in [-0.05, 0) is 47.9 Å². The number of hydrogen-bond acceptors (Lipinski definition) is 3. The van der Waals surface area contributed by atoms with Gasteiger partial charge in [0.2, 0.25) is 0 Å². The van der Waals surface area contributed by atoms with Crippen molar-refractivity contribution in [1.29, 1.82) is 0 Å². The number of benzene rings is 2. The van der Waals surface area contributed by atoms with E-state index in [1.165, 1.54) is 0 Å². The lowest BCUT2D eigenvalue weighted by atomic mass is 9.96. The van der Waals surface area contributed by atoms with Crippen LogP contribution in [0.1, 0.15) is 21.5 Å². The lowest BCUT2D eigenvalue weighted by molar-refractivity contribution is 0.0697. The molecule has 2 aromatic heterocycles. The maximum Gasteiger partial charge on any atom is 0.336 e. The van der Waals surface area contributed by atoms with Crippen LogP contribution in [0.4, 0.5) is 0 Å². The van der Waals surface area contributed by atoms with Crippen molar-refractivity contribution in [2.24, 2.45) is 0 Å². The molecule has 1 N–H and O–H groups in total. The van der Waals surface area contributed by atoms with Crippen LogP contribution in [0.25, 0.3) is 22.5 Å². The first kappa shape index (κ1) is 17.6. The van der Waals surface area contributed by atoms with Crippen molar-refractivity contribution in [3.63, 3.8) is 0 Å². The number of carboxylic acids is 1. The van der Waals surface area contributed by atoms with Gasteiger partial charge in [-0.25, -0.2) is 4.79 Å². The van der Waals surface area contributed by atoms with E-state index in [1.54, 1.807) is 30.6 Å². The molecule has 0 radical (unpaired) electrons. The molecule has 0 bridgehead atoms. The number of carbonyl (C=O) groups is 1. The molecular formula is C24H18N2O2. The van der Waals surface area contributed by atoms with Crippen molar-refractivity contribution < 1.29 is 9.90 Å². The van der Waals surface area contributed by atoms with Gasteiger partial charge in [-0.1, -0.05) is 48.5 Å². The maximum atomic E-state index is 11.5. The van der Waals surface area contributed by atoms with Crippen LogP contribution in [0.15, 0.2) is 91.3 Å². The minimum atomic E-state index is -0.955. The van der Waals surface area contributed by atoms with E-state index in [9.17, 15) is 9.90 Å². The molecule has 0 fully saturated rings. The molecule has 4 aromatic rings. The summed E-state index contributed by atoms with van der Waals surface area (Å²) in [5, 5.41) is 9.46. The monoisotopic (exact) mass is 366 g/mol. The maximum absolute atomic E-state index is 11.5. The second kappa shape index (κ2) is 7.84. The van der Waals surface area contributed by atoms with E-state index in [2.05, 4.69) is 22.1 Å². The van der Waals surface area contributed by atoms with E-state index in [0.29, 0.717) is 17.7 Å². The molecule has 136 valence electrons. The highest BCUT2D eigenvalue weighted by atomic mass is 16.4. The van der Waals surface area contributed by atoms with Crippen LogP contribution in [-0.2, 0) is 6.42 Å². The first-order chi connectivity index (χ1) is 13.7. The van der Waals surface area contributed by atoms with Gasteiger partial charge in [-0.3, -0.25) is 9.97 Å². The van der Waals surface area contributed by atoms with Crippen LogP contribution < -0.4 is 0 Å². The second-order valence-corrected chi connectivity index (χ2v) is 6.45. The summed E-state index contributed by atoms with van der Waals surface area (Å²) in [5.74, 6) is -0.955. The van der Waals surface area contributed by atoms with Crippen LogP contribution in [0.5, 0.6) is 0 Å². The topological polar surface area (TPSA) is 63.1 Å². The van der Waals surface area contributed by atoms with E-state index in [4.69, 9.17) is 0 Å². The van der Waals surface area contributed by atoms with E-state index >= 15 is 0 Å². The summed E-state index contributed by atoms with van der Waals surface area (Å²) in [4.78, 5) is 20.4. The van der Waals surface area contributed by atoms with Gasteiger partial charge in [0.1, 0.15) is 0 Å². The van der Waals surface area contributed by atoms with Gasteiger partial charge < -0.3 is 5.11 Å². The highest BCUT2D eigenvalue weighted by Gasteiger charge is 2.13. The van der Waals surface area contributed by atoms with Gasteiger partial charge in [0.15, 0.2) is 0 Å². The van der Waals surface area contributed by atoms with Crippen LogP contribution >= 0.6 is 0 Å². The Hall–Kier alpha value is -3.79.